The van der Waals surface area contributed by atoms with E-state index in [1.165, 1.54) is 5.69 Å². The van der Waals surface area contributed by atoms with Gasteiger partial charge in [-0.25, -0.2) is 0 Å². The van der Waals surface area contributed by atoms with Crippen molar-refractivity contribution < 1.29 is 4.79 Å². The second kappa shape index (κ2) is 7.74. The number of Topliss-reactive ketones (excluding diaryl/α,β-unsaturated/α-hetero) is 1. The fraction of sp³-hybridized carbons (Fsp3) is 0.467. The zero-order valence-electron chi connectivity index (χ0n) is 12.0. The van der Waals surface area contributed by atoms with E-state index in [9.17, 15) is 4.79 Å². The summed E-state index contributed by atoms with van der Waals surface area (Å²) in [5.74, 6) is 1.71. The van der Waals surface area contributed by atoms with Crippen molar-refractivity contribution >= 4 is 39.4 Å². The maximum absolute atomic E-state index is 12.1. The Morgan fingerprint density at radius 2 is 2.00 bits per heavy atom. The molecule has 0 aromatic heterocycles. The monoisotopic (exact) mass is 308 g/mol. The van der Waals surface area contributed by atoms with Crippen LogP contribution in [0.3, 0.4) is 0 Å². The minimum Gasteiger partial charge on any atom is -0.372 e. The molecular weight excluding hydrogens is 288 g/mol. The van der Waals surface area contributed by atoms with Crippen LogP contribution in [0.5, 0.6) is 0 Å². The van der Waals surface area contributed by atoms with E-state index in [0.29, 0.717) is 5.75 Å². The van der Waals surface area contributed by atoms with Gasteiger partial charge in [-0.15, -0.1) is 0 Å². The van der Waals surface area contributed by atoms with Crippen LogP contribution in [0.1, 0.15) is 24.2 Å². The lowest BCUT2D eigenvalue weighted by Gasteiger charge is -2.20. The quantitative estimate of drug-likeness (QED) is 0.752. The number of ketones is 1. The van der Waals surface area contributed by atoms with Crippen molar-refractivity contribution in [2.75, 3.05) is 36.0 Å². The topological polar surface area (TPSA) is 32.7 Å². The molecule has 1 aromatic rings. The van der Waals surface area contributed by atoms with E-state index < -0.39 is 0 Å². The molecule has 1 aliphatic heterocycles. The van der Waals surface area contributed by atoms with Gasteiger partial charge in [-0.05, 0) is 38.1 Å². The summed E-state index contributed by atoms with van der Waals surface area (Å²) in [5, 5.41) is 0. The first-order chi connectivity index (χ1) is 9.74. The number of thioether (sulfide) groups is 2. The first-order valence-corrected chi connectivity index (χ1v) is 8.90. The number of carbonyl (C=O) groups is 1. The molecule has 0 spiro atoms. The van der Waals surface area contributed by atoms with Gasteiger partial charge in [0.15, 0.2) is 5.78 Å². The van der Waals surface area contributed by atoms with E-state index in [4.69, 9.17) is 0 Å². The molecule has 20 heavy (non-hydrogen) atoms. The second-order valence-corrected chi connectivity index (χ2v) is 6.73. The number of carbonyl (C=O) groups excluding carboxylic acids is 1. The van der Waals surface area contributed by atoms with Crippen LogP contribution >= 0.6 is 23.5 Å². The van der Waals surface area contributed by atoms with Gasteiger partial charge in [-0.2, -0.15) is 0 Å². The first kappa shape index (κ1) is 15.4. The Bertz CT molecular complexity index is 481. The highest BCUT2D eigenvalue weighted by molar-refractivity contribution is 8.39. The van der Waals surface area contributed by atoms with E-state index in [-0.39, 0.29) is 5.78 Å². The van der Waals surface area contributed by atoms with Crippen molar-refractivity contribution in [1.29, 1.82) is 0 Å². The summed E-state index contributed by atoms with van der Waals surface area (Å²) in [7, 11) is 0. The van der Waals surface area contributed by atoms with Gasteiger partial charge in [-0.1, -0.05) is 23.5 Å². The highest BCUT2D eigenvalue weighted by Crippen LogP contribution is 2.23. The highest BCUT2D eigenvalue weighted by Gasteiger charge is 2.12. The Hall–Kier alpha value is -0.940. The molecule has 0 saturated heterocycles. The molecule has 0 unspecified atom stereocenters. The molecule has 108 valence electrons. The Morgan fingerprint density at radius 3 is 2.55 bits per heavy atom. The summed E-state index contributed by atoms with van der Waals surface area (Å²) in [5.41, 5.74) is 1.96. The normalized spacial score (nSPS) is 14.2. The van der Waals surface area contributed by atoms with Crippen molar-refractivity contribution in [1.82, 2.24) is 0 Å². The van der Waals surface area contributed by atoms with Gasteiger partial charge in [0, 0.05) is 30.1 Å². The predicted molar refractivity (Wildman–Crippen MR) is 91.6 cm³/mol. The summed E-state index contributed by atoms with van der Waals surface area (Å²) >= 11 is 3.31. The van der Waals surface area contributed by atoms with Gasteiger partial charge < -0.3 is 4.90 Å². The fourth-order valence-corrected chi connectivity index (χ4v) is 3.96. The van der Waals surface area contributed by atoms with Crippen molar-refractivity contribution in [2.45, 2.75) is 13.8 Å². The lowest BCUT2D eigenvalue weighted by molar-refractivity contribution is 0.102. The maximum Gasteiger partial charge on any atom is 0.173 e. The van der Waals surface area contributed by atoms with E-state index in [0.717, 1.165) is 35.3 Å². The lowest BCUT2D eigenvalue weighted by atomic mass is 10.1. The number of benzene rings is 1. The summed E-state index contributed by atoms with van der Waals surface area (Å²) in [6, 6.07) is 7.93. The zero-order chi connectivity index (χ0) is 14.4. The SMILES string of the molecule is CCN(CC)c1ccc(C(=O)CSC2=NCCS2)cc1. The van der Waals surface area contributed by atoms with E-state index >= 15 is 0 Å². The number of hydrogen-bond donors (Lipinski definition) is 0. The third-order valence-corrected chi connectivity index (χ3v) is 5.45. The zero-order valence-corrected chi connectivity index (χ0v) is 13.6. The van der Waals surface area contributed by atoms with Crippen molar-refractivity contribution in [3.05, 3.63) is 29.8 Å². The fourth-order valence-electron chi connectivity index (χ4n) is 2.06. The number of aliphatic imine (C=N–C) groups is 1. The van der Waals surface area contributed by atoms with E-state index in [1.807, 2.05) is 24.3 Å². The van der Waals surface area contributed by atoms with Crippen molar-refractivity contribution in [2.24, 2.45) is 4.99 Å². The first-order valence-electron chi connectivity index (χ1n) is 6.92. The van der Waals surface area contributed by atoms with Crippen LogP contribution in [-0.2, 0) is 0 Å². The van der Waals surface area contributed by atoms with Crippen LogP contribution in [0.2, 0.25) is 0 Å². The standard InChI is InChI=1S/C15H20N2OS2/c1-3-17(4-2)13-7-5-12(6-8-13)14(18)11-20-15-16-9-10-19-15/h5-8H,3-4,9-11H2,1-2H3. The van der Waals surface area contributed by atoms with Gasteiger partial charge in [0.1, 0.15) is 4.38 Å². The average Bonchev–Trinajstić information content (AvgIpc) is 3.00. The molecule has 0 aliphatic carbocycles. The summed E-state index contributed by atoms with van der Waals surface area (Å²) in [6.07, 6.45) is 0. The van der Waals surface area contributed by atoms with Gasteiger partial charge in [-0.3, -0.25) is 9.79 Å². The Morgan fingerprint density at radius 1 is 1.30 bits per heavy atom. The minimum absolute atomic E-state index is 0.177. The molecule has 1 heterocycles. The largest absolute Gasteiger partial charge is 0.372 e. The molecule has 0 fully saturated rings. The number of anilines is 1. The Balaban J connectivity index is 1.93. The van der Waals surface area contributed by atoms with Gasteiger partial charge in [0.05, 0.1) is 12.3 Å². The molecule has 0 N–H and O–H groups in total. The molecule has 5 heteroatoms. The molecule has 1 aliphatic rings. The maximum atomic E-state index is 12.1. The number of hydrogen-bond acceptors (Lipinski definition) is 5. The molecular formula is C15H20N2OS2. The minimum atomic E-state index is 0.177. The smallest absolute Gasteiger partial charge is 0.173 e. The van der Waals surface area contributed by atoms with Crippen LogP contribution in [-0.4, -0.2) is 41.3 Å². The van der Waals surface area contributed by atoms with Gasteiger partial charge in [0.2, 0.25) is 0 Å². The third kappa shape index (κ3) is 4.03. The van der Waals surface area contributed by atoms with Crippen LogP contribution in [0, 0.1) is 0 Å². The van der Waals surface area contributed by atoms with Crippen LogP contribution in [0.4, 0.5) is 5.69 Å². The molecule has 1 aromatic carbocycles. The molecule has 0 saturated carbocycles. The molecule has 0 amide bonds. The van der Waals surface area contributed by atoms with Gasteiger partial charge >= 0.3 is 0 Å². The third-order valence-electron chi connectivity index (χ3n) is 3.20. The summed E-state index contributed by atoms with van der Waals surface area (Å²) < 4.78 is 1.05. The molecule has 2 rings (SSSR count). The summed E-state index contributed by atoms with van der Waals surface area (Å²) in [6.45, 7) is 7.13. The highest BCUT2D eigenvalue weighted by atomic mass is 32.2. The van der Waals surface area contributed by atoms with Crippen LogP contribution in [0.25, 0.3) is 0 Å². The Labute approximate surface area is 129 Å². The van der Waals surface area contributed by atoms with Gasteiger partial charge in [0.25, 0.3) is 0 Å². The average molecular weight is 308 g/mol. The van der Waals surface area contributed by atoms with Crippen molar-refractivity contribution in [3.63, 3.8) is 0 Å². The van der Waals surface area contributed by atoms with Crippen molar-refractivity contribution in [3.8, 4) is 0 Å². The van der Waals surface area contributed by atoms with Crippen LogP contribution < -0.4 is 4.90 Å². The number of rotatable bonds is 6. The molecule has 0 bridgehead atoms. The molecule has 0 radical (unpaired) electrons. The summed E-state index contributed by atoms with van der Waals surface area (Å²) in [4.78, 5) is 18.7. The Kier molecular flexibility index (Phi) is 5.98. The molecule has 3 nitrogen and oxygen atoms in total. The predicted octanol–water partition coefficient (Wildman–Crippen LogP) is 3.55. The van der Waals surface area contributed by atoms with E-state index in [2.05, 4.69) is 23.7 Å². The van der Waals surface area contributed by atoms with E-state index in [1.54, 1.807) is 23.5 Å². The van der Waals surface area contributed by atoms with Crippen LogP contribution in [0.15, 0.2) is 29.3 Å². The lowest BCUT2D eigenvalue weighted by Crippen LogP contribution is -2.21. The number of nitrogens with zero attached hydrogens (tertiary/aromatic N) is 2. The molecule has 0 atom stereocenters. The second-order valence-electron chi connectivity index (χ2n) is 4.43.